The summed E-state index contributed by atoms with van der Waals surface area (Å²) in [6.07, 6.45) is 3.89. The molecule has 19 heavy (non-hydrogen) atoms. The van der Waals surface area contributed by atoms with Gasteiger partial charge in [0, 0.05) is 18.2 Å². The highest BCUT2D eigenvalue weighted by Gasteiger charge is 2.27. The van der Waals surface area contributed by atoms with Gasteiger partial charge in [0.25, 0.3) is 5.56 Å². The van der Waals surface area contributed by atoms with Crippen LogP contribution in [0.3, 0.4) is 0 Å². The summed E-state index contributed by atoms with van der Waals surface area (Å²) in [5, 5.41) is 12.1. The standard InChI is InChI=1S/C12H12N4O2S/c17-9(7-16-6-2-1-3-10(16)18)13-12-15-14-11(19-12)8-4-5-8/h1-3,6,8H,4-5,7H2,(H,13,15,17). The number of anilines is 1. The molecular formula is C12H12N4O2S. The first-order valence-electron chi connectivity index (χ1n) is 6.01. The number of hydrogen-bond donors (Lipinski definition) is 1. The van der Waals surface area contributed by atoms with E-state index in [1.807, 2.05) is 0 Å². The number of nitrogens with zero attached hydrogens (tertiary/aromatic N) is 3. The molecule has 0 aromatic carbocycles. The van der Waals surface area contributed by atoms with E-state index in [-0.39, 0.29) is 18.0 Å². The van der Waals surface area contributed by atoms with Crippen molar-refractivity contribution in [3.05, 3.63) is 39.8 Å². The Morgan fingerprint density at radius 2 is 2.26 bits per heavy atom. The molecule has 0 saturated heterocycles. The van der Waals surface area contributed by atoms with Gasteiger partial charge in [-0.1, -0.05) is 17.4 Å². The van der Waals surface area contributed by atoms with Crippen LogP contribution in [0.2, 0.25) is 0 Å². The van der Waals surface area contributed by atoms with Crippen LogP contribution in [0, 0.1) is 0 Å². The van der Waals surface area contributed by atoms with E-state index in [4.69, 9.17) is 0 Å². The molecule has 0 atom stereocenters. The number of carbonyl (C=O) groups is 1. The Bertz CT molecular complexity index is 659. The molecule has 1 fully saturated rings. The second kappa shape index (κ2) is 4.93. The fraction of sp³-hybridized carbons (Fsp3) is 0.333. The third kappa shape index (κ3) is 2.87. The molecule has 0 unspecified atom stereocenters. The highest BCUT2D eigenvalue weighted by molar-refractivity contribution is 7.15. The van der Waals surface area contributed by atoms with Crippen LogP contribution >= 0.6 is 11.3 Å². The number of nitrogens with one attached hydrogen (secondary N) is 1. The number of pyridine rings is 1. The van der Waals surface area contributed by atoms with E-state index in [0.29, 0.717) is 11.0 Å². The molecule has 1 saturated carbocycles. The summed E-state index contributed by atoms with van der Waals surface area (Å²) in [7, 11) is 0. The van der Waals surface area contributed by atoms with Gasteiger partial charge in [-0.25, -0.2) is 0 Å². The third-order valence-electron chi connectivity index (χ3n) is 2.83. The quantitative estimate of drug-likeness (QED) is 0.910. The van der Waals surface area contributed by atoms with Crippen molar-refractivity contribution >= 4 is 22.4 Å². The van der Waals surface area contributed by atoms with Crippen molar-refractivity contribution in [1.29, 1.82) is 0 Å². The Morgan fingerprint density at radius 3 is 3.00 bits per heavy atom. The minimum absolute atomic E-state index is 0.0159. The highest BCUT2D eigenvalue weighted by atomic mass is 32.1. The van der Waals surface area contributed by atoms with Crippen LogP contribution in [0.5, 0.6) is 0 Å². The van der Waals surface area contributed by atoms with Gasteiger partial charge in [-0.3, -0.25) is 14.9 Å². The Labute approximate surface area is 113 Å². The van der Waals surface area contributed by atoms with Gasteiger partial charge in [-0.2, -0.15) is 0 Å². The second-order valence-corrected chi connectivity index (χ2v) is 5.44. The van der Waals surface area contributed by atoms with Crippen LogP contribution < -0.4 is 10.9 Å². The SMILES string of the molecule is O=C(Cn1ccccc1=O)Nc1nnc(C2CC2)s1. The summed E-state index contributed by atoms with van der Waals surface area (Å²) in [5.74, 6) is 0.256. The van der Waals surface area contributed by atoms with Gasteiger partial charge in [0.05, 0.1) is 0 Å². The van der Waals surface area contributed by atoms with Crippen molar-refractivity contribution < 1.29 is 4.79 Å². The van der Waals surface area contributed by atoms with Gasteiger partial charge >= 0.3 is 0 Å². The Balaban J connectivity index is 1.64. The number of aromatic nitrogens is 3. The van der Waals surface area contributed by atoms with Crippen molar-refractivity contribution in [1.82, 2.24) is 14.8 Å². The zero-order chi connectivity index (χ0) is 13.2. The topological polar surface area (TPSA) is 76.9 Å². The Hall–Kier alpha value is -2.02. The molecule has 3 rings (SSSR count). The van der Waals surface area contributed by atoms with E-state index in [1.54, 1.807) is 18.3 Å². The maximum Gasteiger partial charge on any atom is 0.250 e. The van der Waals surface area contributed by atoms with Gasteiger partial charge < -0.3 is 4.57 Å². The van der Waals surface area contributed by atoms with Gasteiger partial charge in [0.1, 0.15) is 11.6 Å². The molecule has 1 amide bonds. The monoisotopic (exact) mass is 276 g/mol. The van der Waals surface area contributed by atoms with Crippen LogP contribution in [0.1, 0.15) is 23.8 Å². The number of rotatable bonds is 4. The molecule has 7 heteroatoms. The van der Waals surface area contributed by atoms with E-state index in [9.17, 15) is 9.59 Å². The summed E-state index contributed by atoms with van der Waals surface area (Å²) < 4.78 is 1.35. The lowest BCUT2D eigenvalue weighted by atomic mass is 10.4. The van der Waals surface area contributed by atoms with Crippen molar-refractivity contribution in [2.24, 2.45) is 0 Å². The molecule has 1 aliphatic carbocycles. The molecular weight excluding hydrogens is 264 g/mol. The predicted octanol–water partition coefficient (Wildman–Crippen LogP) is 1.22. The van der Waals surface area contributed by atoms with Crippen LogP contribution in [-0.2, 0) is 11.3 Å². The predicted molar refractivity (Wildman–Crippen MR) is 71.2 cm³/mol. The first-order chi connectivity index (χ1) is 9.22. The molecule has 0 spiro atoms. The molecule has 2 heterocycles. The van der Waals surface area contributed by atoms with E-state index < -0.39 is 0 Å². The zero-order valence-corrected chi connectivity index (χ0v) is 10.9. The van der Waals surface area contributed by atoms with Crippen LogP contribution in [-0.4, -0.2) is 20.7 Å². The number of hydrogen-bond acceptors (Lipinski definition) is 5. The minimum Gasteiger partial charge on any atom is -0.306 e. The average molecular weight is 276 g/mol. The van der Waals surface area contributed by atoms with Crippen LogP contribution in [0.15, 0.2) is 29.2 Å². The van der Waals surface area contributed by atoms with E-state index >= 15 is 0 Å². The van der Waals surface area contributed by atoms with Crippen molar-refractivity contribution in [3.8, 4) is 0 Å². The maximum atomic E-state index is 11.8. The van der Waals surface area contributed by atoms with Gasteiger partial charge in [-0.15, -0.1) is 10.2 Å². The molecule has 1 N–H and O–H groups in total. The summed E-state index contributed by atoms with van der Waals surface area (Å²) in [6.45, 7) is -0.0159. The highest BCUT2D eigenvalue weighted by Crippen LogP contribution is 2.41. The smallest absolute Gasteiger partial charge is 0.250 e. The summed E-state index contributed by atoms with van der Waals surface area (Å²) in [6, 6.07) is 4.78. The number of carbonyl (C=O) groups excluding carboxylic acids is 1. The minimum atomic E-state index is -0.271. The van der Waals surface area contributed by atoms with Gasteiger partial charge in [-0.05, 0) is 18.9 Å². The maximum absolute atomic E-state index is 11.8. The summed E-state index contributed by atoms with van der Waals surface area (Å²) >= 11 is 1.41. The lowest BCUT2D eigenvalue weighted by molar-refractivity contribution is -0.116. The first-order valence-corrected chi connectivity index (χ1v) is 6.83. The van der Waals surface area contributed by atoms with Gasteiger partial charge in [0.15, 0.2) is 0 Å². The fourth-order valence-corrected chi connectivity index (χ4v) is 2.61. The van der Waals surface area contributed by atoms with E-state index in [0.717, 1.165) is 17.8 Å². The van der Waals surface area contributed by atoms with Crippen LogP contribution in [0.25, 0.3) is 0 Å². The van der Waals surface area contributed by atoms with Crippen molar-refractivity contribution in [2.45, 2.75) is 25.3 Å². The Morgan fingerprint density at radius 1 is 1.42 bits per heavy atom. The molecule has 1 aliphatic rings. The third-order valence-corrected chi connectivity index (χ3v) is 3.83. The lowest BCUT2D eigenvalue weighted by Gasteiger charge is -2.03. The molecule has 0 bridgehead atoms. The van der Waals surface area contributed by atoms with Gasteiger partial charge in [0.2, 0.25) is 11.0 Å². The second-order valence-electron chi connectivity index (χ2n) is 4.43. The number of amides is 1. The van der Waals surface area contributed by atoms with Crippen molar-refractivity contribution in [3.63, 3.8) is 0 Å². The van der Waals surface area contributed by atoms with E-state index in [1.165, 1.54) is 22.0 Å². The Kier molecular flexibility index (Phi) is 3.12. The largest absolute Gasteiger partial charge is 0.306 e. The molecule has 2 aromatic heterocycles. The van der Waals surface area contributed by atoms with E-state index in [2.05, 4.69) is 15.5 Å². The summed E-state index contributed by atoms with van der Waals surface area (Å²) in [4.78, 5) is 23.3. The normalized spacial score (nSPS) is 14.3. The fourth-order valence-electron chi connectivity index (χ4n) is 1.69. The van der Waals surface area contributed by atoms with Crippen molar-refractivity contribution in [2.75, 3.05) is 5.32 Å². The molecule has 0 radical (unpaired) electrons. The lowest BCUT2D eigenvalue weighted by Crippen LogP contribution is -2.26. The molecule has 2 aromatic rings. The summed E-state index contributed by atoms with van der Waals surface area (Å²) in [5.41, 5.74) is -0.200. The van der Waals surface area contributed by atoms with Crippen LogP contribution in [0.4, 0.5) is 5.13 Å². The zero-order valence-electron chi connectivity index (χ0n) is 10.1. The molecule has 98 valence electrons. The first kappa shape index (κ1) is 12.0. The molecule has 6 nitrogen and oxygen atoms in total. The average Bonchev–Trinajstić information content (AvgIpc) is 3.14. The molecule has 0 aliphatic heterocycles.